The van der Waals surface area contributed by atoms with Gasteiger partial charge in [-0.05, 0) is 42.7 Å². The molecule has 0 atom stereocenters. The Bertz CT molecular complexity index is 1070. The zero-order valence-corrected chi connectivity index (χ0v) is 16.3. The van der Waals surface area contributed by atoms with E-state index in [9.17, 15) is 13.2 Å². The monoisotopic (exact) mass is 383 g/mol. The van der Waals surface area contributed by atoms with E-state index < -0.39 is 15.9 Å². The predicted molar refractivity (Wildman–Crippen MR) is 104 cm³/mol. The highest BCUT2D eigenvalue weighted by Gasteiger charge is 2.26. The normalized spacial score (nSPS) is 11.4. The van der Waals surface area contributed by atoms with Gasteiger partial charge < -0.3 is 0 Å². The van der Waals surface area contributed by atoms with E-state index in [4.69, 9.17) is 0 Å². The minimum absolute atomic E-state index is 0.138. The summed E-state index contributed by atoms with van der Waals surface area (Å²) < 4.78 is 27.3. The second-order valence-corrected chi connectivity index (χ2v) is 8.03. The van der Waals surface area contributed by atoms with Crippen LogP contribution >= 0.6 is 0 Å². The van der Waals surface area contributed by atoms with Crippen LogP contribution in [0.1, 0.15) is 18.1 Å². The fourth-order valence-electron chi connectivity index (χ4n) is 2.95. The standard InChI is InChI=1S/C20H21N3O3S/c1-4-16-10-8-9-15(2)19(16)27(25,26)18-13-14-23(21-18)20(24)22(3)17-11-6-5-7-12-17/h5-14H,4H2,1-3H3. The van der Waals surface area contributed by atoms with Gasteiger partial charge in [-0.25, -0.2) is 13.2 Å². The zero-order chi connectivity index (χ0) is 19.6. The van der Waals surface area contributed by atoms with E-state index in [0.29, 0.717) is 17.7 Å². The van der Waals surface area contributed by atoms with Crippen LogP contribution < -0.4 is 4.90 Å². The number of rotatable bonds is 4. The lowest BCUT2D eigenvalue weighted by molar-refractivity contribution is 0.246. The van der Waals surface area contributed by atoms with Gasteiger partial charge in [0.25, 0.3) is 0 Å². The van der Waals surface area contributed by atoms with Crippen LogP contribution in [0, 0.1) is 6.92 Å². The number of aryl methyl sites for hydroxylation is 2. The second kappa shape index (κ2) is 7.36. The molecule has 0 unspecified atom stereocenters. The first-order valence-corrected chi connectivity index (χ1v) is 10.1. The molecule has 0 saturated carbocycles. The Morgan fingerprint density at radius 1 is 1.07 bits per heavy atom. The number of carbonyl (C=O) groups excluding carboxylic acids is 1. The zero-order valence-electron chi connectivity index (χ0n) is 15.5. The van der Waals surface area contributed by atoms with Gasteiger partial charge in [0.1, 0.15) is 0 Å². The highest BCUT2D eigenvalue weighted by molar-refractivity contribution is 7.91. The molecule has 0 aliphatic heterocycles. The topological polar surface area (TPSA) is 72.3 Å². The highest BCUT2D eigenvalue weighted by Crippen LogP contribution is 2.27. The molecule has 0 spiro atoms. The molecule has 3 aromatic rings. The van der Waals surface area contributed by atoms with Crippen molar-refractivity contribution in [1.82, 2.24) is 9.78 Å². The van der Waals surface area contributed by atoms with Gasteiger partial charge in [0.05, 0.1) is 4.90 Å². The number of benzene rings is 2. The molecule has 1 heterocycles. The van der Waals surface area contributed by atoms with Crippen LogP contribution in [-0.2, 0) is 16.3 Å². The molecule has 0 fully saturated rings. The van der Waals surface area contributed by atoms with E-state index in [0.717, 1.165) is 10.2 Å². The summed E-state index contributed by atoms with van der Waals surface area (Å²) in [6.45, 7) is 3.67. The van der Waals surface area contributed by atoms with Crippen molar-refractivity contribution in [3.05, 3.63) is 71.9 Å². The molecule has 0 saturated heterocycles. The maximum atomic E-state index is 13.1. The Morgan fingerprint density at radius 2 is 1.78 bits per heavy atom. The van der Waals surface area contributed by atoms with Crippen molar-refractivity contribution in [2.75, 3.05) is 11.9 Å². The van der Waals surface area contributed by atoms with Crippen molar-refractivity contribution < 1.29 is 13.2 Å². The number of anilines is 1. The predicted octanol–water partition coefficient (Wildman–Crippen LogP) is 3.69. The van der Waals surface area contributed by atoms with Gasteiger partial charge in [-0.3, -0.25) is 4.90 Å². The van der Waals surface area contributed by atoms with E-state index in [-0.39, 0.29) is 9.92 Å². The lowest BCUT2D eigenvalue weighted by atomic mass is 10.1. The molecular weight excluding hydrogens is 362 g/mol. The molecule has 27 heavy (non-hydrogen) atoms. The molecule has 3 rings (SSSR count). The summed E-state index contributed by atoms with van der Waals surface area (Å²) in [5, 5.41) is 3.92. The number of aromatic nitrogens is 2. The molecule has 7 heteroatoms. The summed E-state index contributed by atoms with van der Waals surface area (Å²) in [7, 11) is -2.20. The highest BCUT2D eigenvalue weighted by atomic mass is 32.2. The molecule has 0 bridgehead atoms. The van der Waals surface area contributed by atoms with E-state index in [1.54, 1.807) is 38.2 Å². The summed E-state index contributed by atoms with van der Waals surface area (Å²) >= 11 is 0. The van der Waals surface area contributed by atoms with Gasteiger partial charge in [-0.1, -0.05) is 43.3 Å². The number of amides is 1. The summed E-state index contributed by atoms with van der Waals surface area (Å²) in [4.78, 5) is 14.3. The summed E-state index contributed by atoms with van der Waals surface area (Å²) in [5.74, 6) is 0. The number of para-hydroxylation sites is 1. The van der Waals surface area contributed by atoms with Crippen LogP contribution in [0.25, 0.3) is 0 Å². The number of carbonyl (C=O) groups is 1. The SMILES string of the molecule is CCc1cccc(C)c1S(=O)(=O)c1ccn(C(=O)N(C)c2ccccc2)n1. The molecule has 6 nitrogen and oxygen atoms in total. The Balaban J connectivity index is 1.97. The molecule has 1 amide bonds. The Hall–Kier alpha value is -2.93. The number of hydrogen-bond donors (Lipinski definition) is 0. The summed E-state index contributed by atoms with van der Waals surface area (Å²) in [6.07, 6.45) is 1.96. The Labute approximate surface area is 159 Å². The summed E-state index contributed by atoms with van der Waals surface area (Å²) in [6, 6.07) is 15.4. The van der Waals surface area contributed by atoms with Crippen molar-refractivity contribution in [3.8, 4) is 0 Å². The van der Waals surface area contributed by atoms with Gasteiger partial charge >= 0.3 is 6.03 Å². The number of sulfone groups is 1. The van der Waals surface area contributed by atoms with Gasteiger partial charge in [0.2, 0.25) is 9.84 Å². The first-order valence-electron chi connectivity index (χ1n) is 8.58. The first-order chi connectivity index (χ1) is 12.9. The third-order valence-corrected chi connectivity index (χ3v) is 6.30. The van der Waals surface area contributed by atoms with Crippen molar-refractivity contribution in [3.63, 3.8) is 0 Å². The minimum atomic E-state index is -3.82. The van der Waals surface area contributed by atoms with Crippen molar-refractivity contribution in [2.45, 2.75) is 30.2 Å². The average Bonchev–Trinajstić information content (AvgIpc) is 3.18. The maximum absolute atomic E-state index is 13.1. The third-order valence-electron chi connectivity index (χ3n) is 4.41. The largest absolute Gasteiger partial charge is 0.348 e. The van der Waals surface area contributed by atoms with Gasteiger partial charge in [0.15, 0.2) is 5.03 Å². The molecule has 0 N–H and O–H groups in total. The molecule has 0 radical (unpaired) electrons. The fraction of sp³-hybridized carbons (Fsp3) is 0.200. The average molecular weight is 383 g/mol. The van der Waals surface area contributed by atoms with Crippen molar-refractivity contribution in [2.24, 2.45) is 0 Å². The lowest BCUT2D eigenvalue weighted by Gasteiger charge is -2.16. The molecule has 1 aromatic heterocycles. The lowest BCUT2D eigenvalue weighted by Crippen LogP contribution is -2.31. The van der Waals surface area contributed by atoms with Crippen LogP contribution in [0.5, 0.6) is 0 Å². The van der Waals surface area contributed by atoms with E-state index in [2.05, 4.69) is 5.10 Å². The molecule has 0 aliphatic rings. The minimum Gasteiger partial charge on any atom is -0.296 e. The number of nitrogens with zero attached hydrogens (tertiary/aromatic N) is 3. The van der Waals surface area contributed by atoms with Crippen LogP contribution in [0.4, 0.5) is 10.5 Å². The van der Waals surface area contributed by atoms with Gasteiger partial charge in [-0.2, -0.15) is 9.78 Å². The second-order valence-electron chi connectivity index (χ2n) is 6.20. The van der Waals surface area contributed by atoms with E-state index in [1.165, 1.54) is 17.2 Å². The molecule has 2 aromatic carbocycles. The van der Waals surface area contributed by atoms with Gasteiger partial charge in [0, 0.05) is 18.9 Å². The van der Waals surface area contributed by atoms with Crippen LogP contribution in [0.15, 0.2) is 70.7 Å². The van der Waals surface area contributed by atoms with Gasteiger partial charge in [-0.15, -0.1) is 0 Å². The molecule has 140 valence electrons. The summed E-state index contributed by atoms with van der Waals surface area (Å²) in [5.41, 5.74) is 2.09. The van der Waals surface area contributed by atoms with Crippen LogP contribution in [0.3, 0.4) is 0 Å². The van der Waals surface area contributed by atoms with E-state index in [1.807, 2.05) is 31.2 Å². The molecule has 0 aliphatic carbocycles. The quantitative estimate of drug-likeness (QED) is 0.689. The van der Waals surface area contributed by atoms with Crippen LogP contribution in [-0.4, -0.2) is 31.3 Å². The van der Waals surface area contributed by atoms with E-state index >= 15 is 0 Å². The Kier molecular flexibility index (Phi) is 5.14. The smallest absolute Gasteiger partial charge is 0.296 e. The Morgan fingerprint density at radius 3 is 2.44 bits per heavy atom. The third kappa shape index (κ3) is 3.50. The maximum Gasteiger partial charge on any atom is 0.348 e. The van der Waals surface area contributed by atoms with Crippen molar-refractivity contribution in [1.29, 1.82) is 0 Å². The number of hydrogen-bond acceptors (Lipinski definition) is 4. The van der Waals surface area contributed by atoms with Crippen molar-refractivity contribution >= 4 is 21.6 Å². The van der Waals surface area contributed by atoms with Crippen LogP contribution in [0.2, 0.25) is 0 Å². The fourth-order valence-corrected chi connectivity index (χ4v) is 4.65. The first kappa shape index (κ1) is 18.8. The molecular formula is C20H21N3O3S.